The summed E-state index contributed by atoms with van der Waals surface area (Å²) < 4.78 is 5.50. The predicted molar refractivity (Wildman–Crippen MR) is 84.5 cm³/mol. The molecule has 1 aliphatic heterocycles. The van der Waals surface area contributed by atoms with Crippen LogP contribution in [0.4, 0.5) is 5.69 Å². The van der Waals surface area contributed by atoms with Crippen LogP contribution < -0.4 is 4.90 Å². The van der Waals surface area contributed by atoms with Gasteiger partial charge in [0.15, 0.2) is 0 Å². The van der Waals surface area contributed by atoms with Gasteiger partial charge < -0.3 is 9.64 Å². The number of amides is 1. The van der Waals surface area contributed by atoms with Crippen LogP contribution in [0, 0.1) is 12.8 Å². The lowest BCUT2D eigenvalue weighted by molar-refractivity contribution is -0.117. The number of rotatable bonds is 3. The van der Waals surface area contributed by atoms with Crippen LogP contribution in [-0.4, -0.2) is 31.3 Å². The highest BCUT2D eigenvalue weighted by molar-refractivity contribution is 9.10. The molecule has 6 heteroatoms. The molecule has 0 N–H and O–H groups in total. The van der Waals surface area contributed by atoms with Gasteiger partial charge in [-0.2, -0.15) is 12.6 Å². The summed E-state index contributed by atoms with van der Waals surface area (Å²) in [7, 11) is 1.35. The van der Waals surface area contributed by atoms with Gasteiger partial charge in [-0.15, -0.1) is 0 Å². The molecule has 0 bridgehead atoms. The topological polar surface area (TPSA) is 46.6 Å². The first kappa shape index (κ1) is 15.4. The highest BCUT2D eigenvalue weighted by Crippen LogP contribution is 2.35. The first-order chi connectivity index (χ1) is 9.49. The van der Waals surface area contributed by atoms with E-state index in [2.05, 4.69) is 28.6 Å². The van der Waals surface area contributed by atoms with E-state index in [-0.39, 0.29) is 17.8 Å². The molecule has 1 amide bonds. The van der Waals surface area contributed by atoms with Crippen molar-refractivity contribution < 1.29 is 14.3 Å². The molecule has 0 saturated carbocycles. The molecule has 0 aromatic heterocycles. The summed E-state index contributed by atoms with van der Waals surface area (Å²) >= 11 is 7.75. The summed E-state index contributed by atoms with van der Waals surface area (Å²) in [5.74, 6) is 0.683. The number of methoxy groups -OCH3 is 1. The summed E-state index contributed by atoms with van der Waals surface area (Å²) in [6.45, 7) is 2.49. The van der Waals surface area contributed by atoms with E-state index >= 15 is 0 Å². The summed E-state index contributed by atoms with van der Waals surface area (Å²) in [5, 5.41) is 0. The maximum atomic E-state index is 12.1. The molecule has 1 heterocycles. The molecule has 1 aromatic carbocycles. The molecule has 108 valence electrons. The van der Waals surface area contributed by atoms with Crippen molar-refractivity contribution in [1.82, 2.24) is 0 Å². The molecule has 1 aromatic rings. The first-order valence-corrected chi connectivity index (χ1v) is 7.70. The fourth-order valence-corrected chi connectivity index (χ4v) is 3.15. The molecule has 0 aliphatic carbocycles. The van der Waals surface area contributed by atoms with Crippen molar-refractivity contribution in [1.29, 1.82) is 0 Å². The number of esters is 1. The van der Waals surface area contributed by atoms with Crippen molar-refractivity contribution in [3.05, 3.63) is 27.7 Å². The van der Waals surface area contributed by atoms with Gasteiger partial charge in [-0.3, -0.25) is 4.79 Å². The number of carbonyl (C=O) groups is 2. The molecule has 0 spiro atoms. The molecule has 4 nitrogen and oxygen atoms in total. The van der Waals surface area contributed by atoms with E-state index in [1.807, 2.05) is 6.92 Å². The number of thiol groups is 1. The standard InChI is InChI=1S/C14H16BrNO3S/c1-8-10(14(18)19-2)3-4-11(13(8)15)16-6-9(7-20)5-12(16)17/h3-4,9,20H,5-7H2,1-2H3. The van der Waals surface area contributed by atoms with E-state index < -0.39 is 0 Å². The molecule has 1 fully saturated rings. The lowest BCUT2D eigenvalue weighted by Gasteiger charge is -2.20. The Balaban J connectivity index is 2.37. The van der Waals surface area contributed by atoms with Crippen molar-refractivity contribution in [2.45, 2.75) is 13.3 Å². The van der Waals surface area contributed by atoms with E-state index in [1.54, 1.807) is 17.0 Å². The van der Waals surface area contributed by atoms with E-state index in [4.69, 9.17) is 4.74 Å². The van der Waals surface area contributed by atoms with Crippen LogP contribution in [-0.2, 0) is 9.53 Å². The monoisotopic (exact) mass is 357 g/mol. The predicted octanol–water partition coefficient (Wildman–Crippen LogP) is 2.83. The summed E-state index contributed by atoms with van der Waals surface area (Å²) in [6.07, 6.45) is 0.522. The zero-order chi connectivity index (χ0) is 14.9. The van der Waals surface area contributed by atoms with Crippen molar-refractivity contribution in [2.75, 3.05) is 24.3 Å². The molecular formula is C14H16BrNO3S. The number of ether oxygens (including phenoxy) is 1. The van der Waals surface area contributed by atoms with Gasteiger partial charge >= 0.3 is 5.97 Å². The molecule has 1 saturated heterocycles. The van der Waals surface area contributed by atoms with Gasteiger partial charge in [-0.05, 0) is 52.2 Å². The highest BCUT2D eigenvalue weighted by atomic mass is 79.9. The lowest BCUT2D eigenvalue weighted by Crippen LogP contribution is -2.25. The van der Waals surface area contributed by atoms with Crippen LogP contribution in [0.2, 0.25) is 0 Å². The number of carbonyl (C=O) groups excluding carboxylic acids is 2. The maximum Gasteiger partial charge on any atom is 0.338 e. The normalized spacial score (nSPS) is 18.5. The Morgan fingerprint density at radius 1 is 1.55 bits per heavy atom. The fourth-order valence-electron chi connectivity index (χ4n) is 2.35. The van der Waals surface area contributed by atoms with E-state index in [9.17, 15) is 9.59 Å². The average Bonchev–Trinajstić information content (AvgIpc) is 2.82. The summed E-state index contributed by atoms with van der Waals surface area (Å²) in [6, 6.07) is 3.48. The molecule has 1 aliphatic rings. The van der Waals surface area contributed by atoms with Gasteiger partial charge in [0.25, 0.3) is 0 Å². The van der Waals surface area contributed by atoms with Crippen LogP contribution >= 0.6 is 28.6 Å². The minimum Gasteiger partial charge on any atom is -0.465 e. The number of anilines is 1. The summed E-state index contributed by atoms with van der Waals surface area (Å²) in [4.78, 5) is 25.5. The number of hydrogen-bond donors (Lipinski definition) is 1. The Kier molecular flexibility index (Phi) is 4.75. The van der Waals surface area contributed by atoms with Crippen LogP contribution in [0.1, 0.15) is 22.3 Å². The van der Waals surface area contributed by atoms with Crippen molar-refractivity contribution in [2.24, 2.45) is 5.92 Å². The van der Waals surface area contributed by atoms with Crippen LogP contribution in [0.25, 0.3) is 0 Å². The van der Waals surface area contributed by atoms with E-state index in [0.717, 1.165) is 15.7 Å². The minimum absolute atomic E-state index is 0.0926. The third-order valence-corrected chi connectivity index (χ3v) is 5.04. The maximum absolute atomic E-state index is 12.1. The first-order valence-electron chi connectivity index (χ1n) is 6.28. The molecule has 1 unspecified atom stereocenters. The molecular weight excluding hydrogens is 342 g/mol. The Morgan fingerprint density at radius 2 is 2.25 bits per heavy atom. The quantitative estimate of drug-likeness (QED) is 0.668. The third kappa shape index (κ3) is 2.72. The van der Waals surface area contributed by atoms with Crippen molar-refractivity contribution in [3.8, 4) is 0 Å². The van der Waals surface area contributed by atoms with Crippen LogP contribution in [0.15, 0.2) is 16.6 Å². The Morgan fingerprint density at radius 3 is 2.80 bits per heavy atom. The zero-order valence-corrected chi connectivity index (χ0v) is 13.8. The van der Waals surface area contributed by atoms with Gasteiger partial charge in [-0.1, -0.05) is 0 Å². The van der Waals surface area contributed by atoms with Crippen molar-refractivity contribution >= 4 is 46.1 Å². The van der Waals surface area contributed by atoms with Crippen LogP contribution in [0.3, 0.4) is 0 Å². The van der Waals surface area contributed by atoms with Gasteiger partial charge in [-0.25, -0.2) is 4.79 Å². The molecule has 0 radical (unpaired) electrons. The van der Waals surface area contributed by atoms with Gasteiger partial charge in [0, 0.05) is 17.4 Å². The van der Waals surface area contributed by atoms with Crippen LogP contribution in [0.5, 0.6) is 0 Å². The number of halogens is 1. The van der Waals surface area contributed by atoms with Crippen molar-refractivity contribution in [3.63, 3.8) is 0 Å². The number of benzene rings is 1. The van der Waals surface area contributed by atoms with Gasteiger partial charge in [0.05, 0.1) is 18.4 Å². The second-order valence-electron chi connectivity index (χ2n) is 4.82. The lowest BCUT2D eigenvalue weighted by atomic mass is 10.1. The summed E-state index contributed by atoms with van der Waals surface area (Å²) in [5.41, 5.74) is 2.07. The highest BCUT2D eigenvalue weighted by Gasteiger charge is 2.31. The molecule has 2 rings (SSSR count). The van der Waals surface area contributed by atoms with E-state index in [1.165, 1.54) is 7.11 Å². The van der Waals surface area contributed by atoms with Gasteiger partial charge in [0.1, 0.15) is 0 Å². The minimum atomic E-state index is -0.379. The molecule has 20 heavy (non-hydrogen) atoms. The average molecular weight is 358 g/mol. The zero-order valence-electron chi connectivity index (χ0n) is 11.4. The second-order valence-corrected chi connectivity index (χ2v) is 5.98. The number of hydrogen-bond acceptors (Lipinski definition) is 4. The van der Waals surface area contributed by atoms with Gasteiger partial charge in [0.2, 0.25) is 5.91 Å². The Labute approximate surface area is 132 Å². The van der Waals surface area contributed by atoms with E-state index in [0.29, 0.717) is 24.3 Å². The third-order valence-electron chi connectivity index (χ3n) is 3.53. The molecule has 1 atom stereocenters. The Bertz CT molecular complexity index is 562. The SMILES string of the molecule is COC(=O)c1ccc(N2CC(CS)CC2=O)c(Br)c1C. The fraction of sp³-hybridized carbons (Fsp3) is 0.429. The largest absolute Gasteiger partial charge is 0.465 e. The second kappa shape index (κ2) is 6.18. The number of nitrogens with zero attached hydrogens (tertiary/aromatic N) is 1. The Hall–Kier alpha value is -1.01. The smallest absolute Gasteiger partial charge is 0.338 e.